The Balaban J connectivity index is 1.99. The molecule has 0 aromatic heterocycles. The van der Waals surface area contributed by atoms with Gasteiger partial charge >= 0.3 is 0 Å². The molecule has 0 atom stereocenters. The Labute approximate surface area is 125 Å². The number of hydrogen-bond acceptors (Lipinski definition) is 3. The van der Waals surface area contributed by atoms with E-state index in [-0.39, 0.29) is 6.10 Å². The zero-order valence-corrected chi connectivity index (χ0v) is 12.0. The van der Waals surface area contributed by atoms with Crippen molar-refractivity contribution in [1.82, 2.24) is 0 Å². The minimum atomic E-state index is 0.207. The molecule has 0 spiro atoms. The largest absolute Gasteiger partial charge is 0.489 e. The smallest absolute Gasteiger partial charge is 0.135 e. The number of ether oxygens (including phenoxy) is 2. The third-order valence-corrected chi connectivity index (χ3v) is 3.67. The number of fused-ring (bicyclic) bond motifs is 1. The lowest BCUT2D eigenvalue weighted by Crippen LogP contribution is -2.26. The van der Waals surface area contributed by atoms with E-state index in [4.69, 9.17) is 15.2 Å². The van der Waals surface area contributed by atoms with E-state index < -0.39 is 0 Å². The van der Waals surface area contributed by atoms with Gasteiger partial charge in [-0.3, -0.25) is 0 Å². The van der Waals surface area contributed by atoms with E-state index in [0.29, 0.717) is 6.54 Å². The second-order valence-electron chi connectivity index (χ2n) is 5.10. The van der Waals surface area contributed by atoms with Crippen LogP contribution in [0, 0.1) is 11.8 Å². The standard InChI is InChI=1S/C18H19NO2/c19-11-3-6-17-16-5-2-1-4-14(16)7-8-18(17)21-15-9-12-20-13-10-15/h1-2,4-5,7-8,15H,9-13,19H2. The molecule has 0 amide bonds. The average Bonchev–Trinajstić information content (AvgIpc) is 2.55. The molecule has 0 aliphatic carbocycles. The van der Waals surface area contributed by atoms with Gasteiger partial charge in [-0.25, -0.2) is 0 Å². The zero-order valence-electron chi connectivity index (χ0n) is 12.0. The van der Waals surface area contributed by atoms with Crippen LogP contribution in [0.25, 0.3) is 10.8 Å². The highest BCUT2D eigenvalue weighted by molar-refractivity contribution is 5.90. The van der Waals surface area contributed by atoms with Crippen molar-refractivity contribution >= 4 is 10.8 Å². The summed E-state index contributed by atoms with van der Waals surface area (Å²) in [5.74, 6) is 6.97. The van der Waals surface area contributed by atoms with Crippen LogP contribution in [-0.4, -0.2) is 25.9 Å². The van der Waals surface area contributed by atoms with Crippen molar-refractivity contribution in [2.75, 3.05) is 19.8 Å². The quantitative estimate of drug-likeness (QED) is 0.861. The molecule has 0 bridgehead atoms. The van der Waals surface area contributed by atoms with Gasteiger partial charge in [-0.15, -0.1) is 0 Å². The van der Waals surface area contributed by atoms with Crippen LogP contribution in [0.5, 0.6) is 5.75 Å². The molecule has 1 heterocycles. The van der Waals surface area contributed by atoms with Gasteiger partial charge < -0.3 is 15.2 Å². The van der Waals surface area contributed by atoms with Crippen LogP contribution >= 0.6 is 0 Å². The van der Waals surface area contributed by atoms with Gasteiger partial charge in [-0.2, -0.15) is 0 Å². The van der Waals surface area contributed by atoms with E-state index in [1.54, 1.807) is 0 Å². The van der Waals surface area contributed by atoms with E-state index in [1.165, 1.54) is 0 Å². The number of hydrogen-bond donors (Lipinski definition) is 1. The van der Waals surface area contributed by atoms with Crippen molar-refractivity contribution < 1.29 is 9.47 Å². The van der Waals surface area contributed by atoms with Crippen molar-refractivity contribution in [1.29, 1.82) is 0 Å². The Morgan fingerprint density at radius 2 is 1.95 bits per heavy atom. The molecule has 1 aliphatic heterocycles. The van der Waals surface area contributed by atoms with Gasteiger partial charge in [0.25, 0.3) is 0 Å². The lowest BCUT2D eigenvalue weighted by molar-refractivity contribution is 0.0255. The molecule has 1 saturated heterocycles. The molecule has 0 unspecified atom stereocenters. The monoisotopic (exact) mass is 281 g/mol. The van der Waals surface area contributed by atoms with Gasteiger partial charge in [0.15, 0.2) is 0 Å². The molecule has 3 rings (SSSR count). The maximum atomic E-state index is 6.17. The number of nitrogens with two attached hydrogens (primary N) is 1. The number of rotatable bonds is 2. The Morgan fingerprint density at radius 1 is 1.14 bits per heavy atom. The van der Waals surface area contributed by atoms with Crippen LogP contribution in [0.15, 0.2) is 36.4 Å². The summed E-state index contributed by atoms with van der Waals surface area (Å²) in [7, 11) is 0. The van der Waals surface area contributed by atoms with E-state index >= 15 is 0 Å². The van der Waals surface area contributed by atoms with Gasteiger partial charge in [0, 0.05) is 18.2 Å². The minimum absolute atomic E-state index is 0.207. The average molecular weight is 281 g/mol. The molecule has 3 heteroatoms. The molecule has 108 valence electrons. The fourth-order valence-corrected chi connectivity index (χ4v) is 2.59. The van der Waals surface area contributed by atoms with Crippen LogP contribution < -0.4 is 10.5 Å². The molecule has 2 aromatic rings. The van der Waals surface area contributed by atoms with Crippen molar-refractivity contribution in [3.8, 4) is 17.6 Å². The summed E-state index contributed by atoms with van der Waals surface area (Å²) >= 11 is 0. The molecule has 0 saturated carbocycles. The summed E-state index contributed by atoms with van der Waals surface area (Å²) < 4.78 is 11.5. The molecule has 3 nitrogen and oxygen atoms in total. The minimum Gasteiger partial charge on any atom is -0.489 e. The molecule has 2 aromatic carbocycles. The van der Waals surface area contributed by atoms with E-state index in [9.17, 15) is 0 Å². The van der Waals surface area contributed by atoms with Crippen LogP contribution in [0.3, 0.4) is 0 Å². The number of benzene rings is 2. The first-order valence-electron chi connectivity index (χ1n) is 7.33. The zero-order chi connectivity index (χ0) is 14.5. The van der Waals surface area contributed by atoms with E-state index in [2.05, 4.69) is 30.0 Å². The fourth-order valence-electron chi connectivity index (χ4n) is 2.59. The molecule has 1 fully saturated rings. The molecule has 2 N–H and O–H groups in total. The SMILES string of the molecule is NCC#Cc1c(OC2CCOCC2)ccc2ccccc12. The summed E-state index contributed by atoms with van der Waals surface area (Å²) in [5.41, 5.74) is 6.46. The molecule has 0 radical (unpaired) electrons. The topological polar surface area (TPSA) is 44.5 Å². The maximum Gasteiger partial charge on any atom is 0.135 e. The first-order chi connectivity index (χ1) is 10.4. The Morgan fingerprint density at radius 3 is 2.76 bits per heavy atom. The summed E-state index contributed by atoms with van der Waals surface area (Å²) in [6, 6.07) is 12.3. The second-order valence-corrected chi connectivity index (χ2v) is 5.10. The fraction of sp³-hybridized carbons (Fsp3) is 0.333. The molecular weight excluding hydrogens is 262 g/mol. The Bertz CT molecular complexity index is 678. The third-order valence-electron chi connectivity index (χ3n) is 3.67. The van der Waals surface area contributed by atoms with Crippen molar-refractivity contribution in [3.63, 3.8) is 0 Å². The molecule has 1 aliphatic rings. The highest BCUT2D eigenvalue weighted by Crippen LogP contribution is 2.29. The van der Waals surface area contributed by atoms with Crippen molar-refractivity contribution in [2.45, 2.75) is 18.9 Å². The van der Waals surface area contributed by atoms with Gasteiger partial charge in [0.2, 0.25) is 0 Å². The van der Waals surface area contributed by atoms with E-state index in [1.807, 2.05) is 18.2 Å². The van der Waals surface area contributed by atoms with Gasteiger partial charge in [0.05, 0.1) is 25.3 Å². The van der Waals surface area contributed by atoms with Gasteiger partial charge in [-0.1, -0.05) is 42.2 Å². The van der Waals surface area contributed by atoms with Gasteiger partial charge in [-0.05, 0) is 11.5 Å². The molecular formula is C18H19NO2. The van der Waals surface area contributed by atoms with Gasteiger partial charge in [0.1, 0.15) is 11.9 Å². The maximum absolute atomic E-state index is 6.17. The lowest BCUT2D eigenvalue weighted by atomic mass is 10.0. The normalized spacial score (nSPS) is 15.5. The van der Waals surface area contributed by atoms with Crippen molar-refractivity contribution in [2.24, 2.45) is 5.73 Å². The summed E-state index contributed by atoms with van der Waals surface area (Å²) in [6.07, 6.45) is 2.06. The van der Waals surface area contributed by atoms with Crippen LogP contribution in [0.1, 0.15) is 18.4 Å². The van der Waals surface area contributed by atoms with E-state index in [0.717, 1.165) is 48.1 Å². The first-order valence-corrected chi connectivity index (χ1v) is 7.33. The summed E-state index contributed by atoms with van der Waals surface area (Å²) in [4.78, 5) is 0. The first kappa shape index (κ1) is 13.9. The van der Waals surface area contributed by atoms with Crippen LogP contribution in [0.4, 0.5) is 0 Å². The Kier molecular flexibility index (Phi) is 4.40. The summed E-state index contributed by atoms with van der Waals surface area (Å²) in [6.45, 7) is 1.88. The Hall–Kier alpha value is -2.02. The lowest BCUT2D eigenvalue weighted by Gasteiger charge is -2.24. The van der Waals surface area contributed by atoms with Crippen LogP contribution in [-0.2, 0) is 4.74 Å². The summed E-state index contributed by atoms with van der Waals surface area (Å²) in [5, 5.41) is 2.28. The third kappa shape index (κ3) is 3.18. The predicted octanol–water partition coefficient (Wildman–Crippen LogP) is 2.71. The second kappa shape index (κ2) is 6.62. The molecule has 21 heavy (non-hydrogen) atoms. The highest BCUT2D eigenvalue weighted by atomic mass is 16.5. The van der Waals surface area contributed by atoms with Crippen LogP contribution in [0.2, 0.25) is 0 Å². The highest BCUT2D eigenvalue weighted by Gasteiger charge is 2.17. The van der Waals surface area contributed by atoms with Crippen molar-refractivity contribution in [3.05, 3.63) is 42.0 Å². The predicted molar refractivity (Wildman–Crippen MR) is 84.3 cm³/mol.